The maximum Gasteiger partial charge on any atom is 0.255 e. The van der Waals surface area contributed by atoms with Crippen molar-refractivity contribution in [2.24, 2.45) is 0 Å². The lowest BCUT2D eigenvalue weighted by Crippen LogP contribution is -2.11. The Hall–Kier alpha value is -2.38. The number of amides is 1. The van der Waals surface area contributed by atoms with Crippen LogP contribution < -0.4 is 10.1 Å². The van der Waals surface area contributed by atoms with Crippen LogP contribution in [0.5, 0.6) is 5.88 Å². The molecule has 0 spiro atoms. The number of thioether (sulfide) groups is 1. The van der Waals surface area contributed by atoms with Gasteiger partial charge in [-0.1, -0.05) is 0 Å². The molecule has 0 saturated heterocycles. The van der Waals surface area contributed by atoms with Gasteiger partial charge in [-0.25, -0.2) is 9.97 Å². The molecular formula is C18H17N3O2S2. The van der Waals surface area contributed by atoms with E-state index < -0.39 is 0 Å². The SMILES string of the molecule is COc1ccc(NC(=O)c2ccc(SCc3csc(C)n3)cc2)cn1. The van der Waals surface area contributed by atoms with Gasteiger partial charge in [-0.15, -0.1) is 23.1 Å². The van der Waals surface area contributed by atoms with Crippen molar-refractivity contribution in [2.75, 3.05) is 12.4 Å². The minimum atomic E-state index is -0.168. The molecule has 0 aliphatic carbocycles. The third-order valence-electron chi connectivity index (χ3n) is 3.37. The predicted molar refractivity (Wildman–Crippen MR) is 102 cm³/mol. The van der Waals surface area contributed by atoms with E-state index in [9.17, 15) is 4.79 Å². The van der Waals surface area contributed by atoms with Crippen LogP contribution in [0.4, 0.5) is 5.69 Å². The van der Waals surface area contributed by atoms with E-state index in [-0.39, 0.29) is 5.91 Å². The number of nitrogens with zero attached hydrogens (tertiary/aromatic N) is 2. The second-order valence-corrected chi connectivity index (χ2v) is 7.33. The zero-order valence-corrected chi connectivity index (χ0v) is 15.5. The molecule has 2 heterocycles. The van der Waals surface area contributed by atoms with Crippen molar-refractivity contribution in [3.63, 3.8) is 0 Å². The molecule has 0 unspecified atom stereocenters. The number of methoxy groups -OCH3 is 1. The molecule has 7 heteroatoms. The summed E-state index contributed by atoms with van der Waals surface area (Å²) in [6.07, 6.45) is 1.57. The Kier molecular flexibility index (Phi) is 5.67. The highest BCUT2D eigenvalue weighted by molar-refractivity contribution is 7.98. The molecule has 0 radical (unpaired) electrons. The summed E-state index contributed by atoms with van der Waals surface area (Å²) in [4.78, 5) is 21.9. The molecule has 3 aromatic rings. The molecule has 0 bridgehead atoms. The summed E-state index contributed by atoms with van der Waals surface area (Å²) in [6, 6.07) is 11.0. The average Bonchev–Trinajstić information content (AvgIpc) is 3.06. The Balaban J connectivity index is 1.57. The van der Waals surface area contributed by atoms with Crippen LogP contribution in [-0.2, 0) is 5.75 Å². The van der Waals surface area contributed by atoms with Gasteiger partial charge in [0.05, 0.1) is 29.7 Å². The molecule has 0 saturated carbocycles. The molecule has 0 aliphatic heterocycles. The number of rotatable bonds is 6. The Morgan fingerprint density at radius 2 is 2.04 bits per heavy atom. The van der Waals surface area contributed by atoms with Crippen LogP contribution in [0, 0.1) is 6.92 Å². The Morgan fingerprint density at radius 1 is 1.24 bits per heavy atom. The number of hydrogen-bond acceptors (Lipinski definition) is 6. The zero-order valence-electron chi connectivity index (χ0n) is 13.9. The molecule has 1 aromatic carbocycles. The molecule has 25 heavy (non-hydrogen) atoms. The summed E-state index contributed by atoms with van der Waals surface area (Å²) in [6.45, 7) is 2.00. The minimum Gasteiger partial charge on any atom is -0.481 e. The number of thiazole rings is 1. The van der Waals surface area contributed by atoms with E-state index in [2.05, 4.69) is 20.7 Å². The number of carbonyl (C=O) groups is 1. The number of anilines is 1. The first-order valence-corrected chi connectivity index (χ1v) is 9.46. The van der Waals surface area contributed by atoms with Crippen molar-refractivity contribution in [1.82, 2.24) is 9.97 Å². The van der Waals surface area contributed by atoms with Gasteiger partial charge in [-0.3, -0.25) is 4.79 Å². The summed E-state index contributed by atoms with van der Waals surface area (Å²) in [7, 11) is 1.55. The summed E-state index contributed by atoms with van der Waals surface area (Å²) >= 11 is 3.36. The lowest BCUT2D eigenvalue weighted by molar-refractivity contribution is 0.102. The van der Waals surface area contributed by atoms with Crippen molar-refractivity contribution >= 4 is 34.7 Å². The van der Waals surface area contributed by atoms with Crippen LogP contribution in [0.1, 0.15) is 21.1 Å². The van der Waals surface area contributed by atoms with E-state index in [1.807, 2.05) is 31.2 Å². The number of nitrogens with one attached hydrogen (secondary N) is 1. The highest BCUT2D eigenvalue weighted by Gasteiger charge is 2.07. The van der Waals surface area contributed by atoms with Gasteiger partial charge in [0.2, 0.25) is 5.88 Å². The molecule has 5 nitrogen and oxygen atoms in total. The zero-order chi connectivity index (χ0) is 17.6. The number of hydrogen-bond donors (Lipinski definition) is 1. The van der Waals surface area contributed by atoms with E-state index in [0.29, 0.717) is 17.1 Å². The largest absolute Gasteiger partial charge is 0.481 e. The third kappa shape index (κ3) is 4.80. The van der Waals surface area contributed by atoms with Crippen LogP contribution in [0.3, 0.4) is 0 Å². The fourth-order valence-corrected chi connectivity index (χ4v) is 3.62. The molecule has 0 aliphatic rings. The standard InChI is InChI=1S/C18H17N3O2S2/c1-12-20-15(10-24-12)11-25-16-6-3-13(4-7-16)18(22)21-14-5-8-17(23-2)19-9-14/h3-10H,11H2,1-2H3,(H,21,22). The summed E-state index contributed by atoms with van der Waals surface area (Å²) in [5.74, 6) is 1.17. The summed E-state index contributed by atoms with van der Waals surface area (Å²) in [5, 5.41) is 5.97. The monoisotopic (exact) mass is 371 g/mol. The first-order chi connectivity index (χ1) is 12.1. The highest BCUT2D eigenvalue weighted by atomic mass is 32.2. The number of aryl methyl sites for hydroxylation is 1. The molecule has 1 N–H and O–H groups in total. The van der Waals surface area contributed by atoms with Gasteiger partial charge in [0.1, 0.15) is 0 Å². The Labute approximate surface area is 154 Å². The van der Waals surface area contributed by atoms with Gasteiger partial charge < -0.3 is 10.1 Å². The topological polar surface area (TPSA) is 64.1 Å². The second kappa shape index (κ2) is 8.13. The highest BCUT2D eigenvalue weighted by Crippen LogP contribution is 2.24. The number of pyridine rings is 1. The normalized spacial score (nSPS) is 10.5. The number of aromatic nitrogens is 2. The van der Waals surface area contributed by atoms with E-state index in [1.54, 1.807) is 48.5 Å². The second-order valence-electron chi connectivity index (χ2n) is 5.21. The van der Waals surface area contributed by atoms with E-state index >= 15 is 0 Å². The van der Waals surface area contributed by atoms with Crippen LogP contribution >= 0.6 is 23.1 Å². The maximum atomic E-state index is 12.3. The van der Waals surface area contributed by atoms with Gasteiger partial charge >= 0.3 is 0 Å². The van der Waals surface area contributed by atoms with Gasteiger partial charge in [-0.05, 0) is 37.3 Å². The summed E-state index contributed by atoms with van der Waals surface area (Å²) in [5.41, 5.74) is 2.31. The molecule has 1 amide bonds. The predicted octanol–water partition coefficient (Wildman–Crippen LogP) is 4.40. The number of benzene rings is 1. The number of ether oxygens (including phenoxy) is 1. The average molecular weight is 371 g/mol. The van der Waals surface area contributed by atoms with Gasteiger partial charge in [0, 0.05) is 27.7 Å². The van der Waals surface area contributed by atoms with Crippen LogP contribution in [0.25, 0.3) is 0 Å². The fourth-order valence-electron chi connectivity index (χ4n) is 2.11. The molecule has 0 atom stereocenters. The first-order valence-electron chi connectivity index (χ1n) is 7.59. The van der Waals surface area contributed by atoms with Gasteiger partial charge in [-0.2, -0.15) is 0 Å². The molecule has 2 aromatic heterocycles. The van der Waals surface area contributed by atoms with E-state index in [4.69, 9.17) is 4.74 Å². The van der Waals surface area contributed by atoms with Crippen LogP contribution in [-0.4, -0.2) is 23.0 Å². The third-order valence-corrected chi connectivity index (χ3v) is 5.24. The van der Waals surface area contributed by atoms with Crippen LogP contribution in [0.2, 0.25) is 0 Å². The fraction of sp³-hybridized carbons (Fsp3) is 0.167. The minimum absolute atomic E-state index is 0.168. The molecule has 128 valence electrons. The van der Waals surface area contributed by atoms with Crippen molar-refractivity contribution in [3.8, 4) is 5.88 Å². The Bertz CT molecular complexity index is 846. The van der Waals surface area contributed by atoms with Gasteiger partial charge in [0.25, 0.3) is 5.91 Å². The molecule has 3 rings (SSSR count). The Morgan fingerprint density at radius 3 is 2.64 bits per heavy atom. The summed E-state index contributed by atoms with van der Waals surface area (Å²) < 4.78 is 5.00. The number of carbonyl (C=O) groups excluding carboxylic acids is 1. The van der Waals surface area contributed by atoms with Crippen molar-refractivity contribution in [3.05, 3.63) is 64.2 Å². The molecule has 0 fully saturated rings. The van der Waals surface area contributed by atoms with Crippen molar-refractivity contribution < 1.29 is 9.53 Å². The lowest BCUT2D eigenvalue weighted by atomic mass is 10.2. The maximum absolute atomic E-state index is 12.3. The van der Waals surface area contributed by atoms with Crippen molar-refractivity contribution in [2.45, 2.75) is 17.6 Å². The van der Waals surface area contributed by atoms with Crippen molar-refractivity contribution in [1.29, 1.82) is 0 Å². The lowest BCUT2D eigenvalue weighted by Gasteiger charge is -2.06. The van der Waals surface area contributed by atoms with E-state index in [1.165, 1.54) is 0 Å². The van der Waals surface area contributed by atoms with Gasteiger partial charge in [0.15, 0.2) is 0 Å². The van der Waals surface area contributed by atoms with Crippen LogP contribution in [0.15, 0.2) is 52.9 Å². The first kappa shape index (κ1) is 17.4. The molecular weight excluding hydrogens is 354 g/mol. The smallest absolute Gasteiger partial charge is 0.255 e. The quantitative estimate of drug-likeness (QED) is 0.651. The van der Waals surface area contributed by atoms with E-state index in [0.717, 1.165) is 21.3 Å².